The minimum Gasteiger partial charge on any atom is -0.376 e. The molecular weight excluding hydrogens is 208 g/mol. The number of nitrogens with zero attached hydrogens (tertiary/aromatic N) is 1. The van der Waals surface area contributed by atoms with Crippen molar-refractivity contribution in [2.24, 2.45) is 5.92 Å². The minimum absolute atomic E-state index is 0.702. The lowest BCUT2D eigenvalue weighted by Gasteiger charge is -2.22. The van der Waals surface area contributed by atoms with E-state index in [1.165, 1.54) is 24.3 Å². The van der Waals surface area contributed by atoms with E-state index >= 15 is 0 Å². The molecule has 4 heteroatoms. The van der Waals surface area contributed by atoms with Gasteiger partial charge in [0.2, 0.25) is 0 Å². The fraction of sp³-hybridized carbons (Fsp3) is 0.727. The summed E-state index contributed by atoms with van der Waals surface area (Å²) in [5.74, 6) is 0.702. The van der Waals surface area contributed by atoms with Crippen LogP contribution in [0.4, 0.5) is 0 Å². The van der Waals surface area contributed by atoms with Gasteiger partial charge in [0.05, 0.1) is 23.1 Å². The third-order valence-electron chi connectivity index (χ3n) is 2.67. The molecule has 1 aromatic heterocycles. The maximum absolute atomic E-state index is 5.70. The van der Waals surface area contributed by atoms with Gasteiger partial charge in [-0.3, -0.25) is 0 Å². The highest BCUT2D eigenvalue weighted by atomic mass is 32.1. The summed E-state index contributed by atoms with van der Waals surface area (Å²) in [6.45, 7) is 5.91. The summed E-state index contributed by atoms with van der Waals surface area (Å²) in [5, 5.41) is 4.52. The normalized spacial score (nSPS) is 21.8. The summed E-state index contributed by atoms with van der Waals surface area (Å²) in [6, 6.07) is 0. The summed E-state index contributed by atoms with van der Waals surface area (Å²) >= 11 is 1.72. The Morgan fingerprint density at radius 3 is 3.27 bits per heavy atom. The zero-order valence-electron chi connectivity index (χ0n) is 9.16. The highest BCUT2D eigenvalue weighted by molar-refractivity contribution is 7.11. The van der Waals surface area contributed by atoms with Crippen molar-refractivity contribution in [1.82, 2.24) is 10.3 Å². The molecule has 0 aliphatic carbocycles. The first-order valence-corrected chi connectivity index (χ1v) is 6.36. The van der Waals surface area contributed by atoms with Crippen LogP contribution in [0.15, 0.2) is 6.20 Å². The molecule has 84 valence electrons. The van der Waals surface area contributed by atoms with Crippen molar-refractivity contribution < 1.29 is 4.74 Å². The zero-order valence-corrected chi connectivity index (χ0v) is 9.98. The summed E-state index contributed by atoms with van der Waals surface area (Å²) in [5.41, 5.74) is 0. The molecule has 1 N–H and O–H groups in total. The summed E-state index contributed by atoms with van der Waals surface area (Å²) < 4.78 is 5.70. The largest absolute Gasteiger partial charge is 0.376 e. The van der Waals surface area contributed by atoms with Crippen LogP contribution in [-0.4, -0.2) is 24.7 Å². The van der Waals surface area contributed by atoms with E-state index in [0.29, 0.717) is 5.92 Å². The number of nitrogens with one attached hydrogen (secondary N) is 1. The molecule has 3 nitrogen and oxygen atoms in total. The Hall–Kier alpha value is -0.450. The first-order chi connectivity index (χ1) is 7.34. The van der Waals surface area contributed by atoms with Gasteiger partial charge < -0.3 is 10.1 Å². The fourth-order valence-corrected chi connectivity index (χ4v) is 2.60. The molecule has 1 aliphatic rings. The first kappa shape index (κ1) is 11.0. The molecule has 0 saturated carbocycles. The molecule has 2 heterocycles. The van der Waals surface area contributed by atoms with Gasteiger partial charge in [0.25, 0.3) is 0 Å². The molecule has 1 fully saturated rings. The molecule has 0 bridgehead atoms. The lowest BCUT2D eigenvalue weighted by Crippen LogP contribution is -2.32. The monoisotopic (exact) mass is 226 g/mol. The second-order valence-electron chi connectivity index (χ2n) is 4.07. The number of aromatic nitrogens is 1. The van der Waals surface area contributed by atoms with Crippen LogP contribution in [0.1, 0.15) is 22.7 Å². The number of hydrogen-bond acceptors (Lipinski definition) is 4. The number of aryl methyl sites for hydroxylation is 1. The van der Waals surface area contributed by atoms with Gasteiger partial charge >= 0.3 is 0 Å². The Labute approximate surface area is 94.9 Å². The minimum atomic E-state index is 0.702. The lowest BCUT2D eigenvalue weighted by molar-refractivity contribution is 0.0798. The number of rotatable bonds is 4. The van der Waals surface area contributed by atoms with Gasteiger partial charge in [0.1, 0.15) is 0 Å². The third kappa shape index (κ3) is 3.55. The molecule has 1 aliphatic heterocycles. The average Bonchev–Trinajstić information content (AvgIpc) is 2.66. The maximum Gasteiger partial charge on any atom is 0.0897 e. The Kier molecular flexibility index (Phi) is 4.11. The van der Waals surface area contributed by atoms with Crippen LogP contribution in [0.2, 0.25) is 0 Å². The van der Waals surface area contributed by atoms with Crippen molar-refractivity contribution in [3.05, 3.63) is 16.1 Å². The Bertz CT molecular complexity index is 295. The molecular formula is C11H18N2OS. The molecule has 0 unspecified atom stereocenters. The van der Waals surface area contributed by atoms with Crippen molar-refractivity contribution in [1.29, 1.82) is 0 Å². The van der Waals surface area contributed by atoms with Crippen molar-refractivity contribution in [2.75, 3.05) is 19.7 Å². The van der Waals surface area contributed by atoms with Crippen LogP contribution in [0.3, 0.4) is 0 Å². The predicted molar refractivity (Wildman–Crippen MR) is 62.1 cm³/mol. The molecule has 2 rings (SSSR count). The quantitative estimate of drug-likeness (QED) is 0.852. The Balaban J connectivity index is 1.65. The van der Waals surface area contributed by atoms with E-state index in [0.717, 1.165) is 24.8 Å². The summed E-state index contributed by atoms with van der Waals surface area (Å²) in [4.78, 5) is 5.44. The molecule has 0 aromatic carbocycles. The van der Waals surface area contributed by atoms with E-state index in [4.69, 9.17) is 4.74 Å². The smallest absolute Gasteiger partial charge is 0.0897 e. The van der Waals surface area contributed by atoms with E-state index < -0.39 is 0 Å². The standard InChI is InChI=1S/C11H18N2OS/c1-9-13-6-11(15-9)8-14-7-10-3-2-4-12-5-10/h6,10,12H,2-5,7-8H2,1H3/t10-/m0/s1. The highest BCUT2D eigenvalue weighted by Gasteiger charge is 2.12. The fourth-order valence-electron chi connectivity index (χ4n) is 1.86. The van der Waals surface area contributed by atoms with E-state index in [-0.39, 0.29) is 0 Å². The summed E-state index contributed by atoms with van der Waals surface area (Å²) in [6.07, 6.45) is 4.50. The van der Waals surface area contributed by atoms with E-state index in [9.17, 15) is 0 Å². The second-order valence-corrected chi connectivity index (χ2v) is 5.39. The van der Waals surface area contributed by atoms with Gasteiger partial charge in [-0.2, -0.15) is 0 Å². The molecule has 0 amide bonds. The van der Waals surface area contributed by atoms with Crippen LogP contribution < -0.4 is 5.32 Å². The SMILES string of the molecule is Cc1ncc(COC[C@H]2CCCNC2)s1. The highest BCUT2D eigenvalue weighted by Crippen LogP contribution is 2.15. The number of thiazole rings is 1. The van der Waals surface area contributed by atoms with Crippen LogP contribution in [0.25, 0.3) is 0 Å². The lowest BCUT2D eigenvalue weighted by atomic mass is 10.0. The molecule has 15 heavy (non-hydrogen) atoms. The van der Waals surface area contributed by atoms with Crippen LogP contribution in [-0.2, 0) is 11.3 Å². The molecule has 0 spiro atoms. The number of hydrogen-bond donors (Lipinski definition) is 1. The molecule has 1 saturated heterocycles. The number of ether oxygens (including phenoxy) is 1. The second kappa shape index (κ2) is 5.58. The zero-order chi connectivity index (χ0) is 10.5. The third-order valence-corrected chi connectivity index (χ3v) is 3.55. The van der Waals surface area contributed by atoms with E-state index in [1.807, 2.05) is 13.1 Å². The molecule has 1 aromatic rings. The maximum atomic E-state index is 5.70. The topological polar surface area (TPSA) is 34.1 Å². The van der Waals surface area contributed by atoms with Crippen molar-refractivity contribution in [3.63, 3.8) is 0 Å². The van der Waals surface area contributed by atoms with Gasteiger partial charge in [-0.05, 0) is 32.2 Å². The first-order valence-electron chi connectivity index (χ1n) is 5.54. The van der Waals surface area contributed by atoms with Crippen LogP contribution >= 0.6 is 11.3 Å². The Morgan fingerprint density at radius 1 is 1.67 bits per heavy atom. The Morgan fingerprint density at radius 2 is 2.60 bits per heavy atom. The van der Waals surface area contributed by atoms with Gasteiger partial charge in [0, 0.05) is 12.7 Å². The van der Waals surface area contributed by atoms with Gasteiger partial charge in [-0.1, -0.05) is 0 Å². The van der Waals surface area contributed by atoms with Gasteiger partial charge in [-0.15, -0.1) is 11.3 Å². The predicted octanol–water partition coefficient (Wildman–Crippen LogP) is 1.97. The van der Waals surface area contributed by atoms with Gasteiger partial charge in [-0.25, -0.2) is 4.98 Å². The van der Waals surface area contributed by atoms with Crippen molar-refractivity contribution in [2.45, 2.75) is 26.4 Å². The van der Waals surface area contributed by atoms with Crippen LogP contribution in [0.5, 0.6) is 0 Å². The summed E-state index contributed by atoms with van der Waals surface area (Å²) in [7, 11) is 0. The van der Waals surface area contributed by atoms with Gasteiger partial charge in [0.15, 0.2) is 0 Å². The van der Waals surface area contributed by atoms with E-state index in [1.54, 1.807) is 11.3 Å². The molecule has 1 atom stereocenters. The van der Waals surface area contributed by atoms with Crippen molar-refractivity contribution in [3.8, 4) is 0 Å². The van der Waals surface area contributed by atoms with Crippen molar-refractivity contribution >= 4 is 11.3 Å². The molecule has 0 radical (unpaired) electrons. The van der Waals surface area contributed by atoms with Crippen LogP contribution in [0, 0.1) is 12.8 Å². The number of piperidine rings is 1. The van der Waals surface area contributed by atoms with E-state index in [2.05, 4.69) is 10.3 Å². The average molecular weight is 226 g/mol.